The van der Waals surface area contributed by atoms with Gasteiger partial charge in [-0.25, -0.2) is 14.4 Å². The van der Waals surface area contributed by atoms with Gasteiger partial charge < -0.3 is 5.32 Å². The molecule has 5 rings (SSSR count). The van der Waals surface area contributed by atoms with Crippen molar-refractivity contribution in [2.45, 2.75) is 18.9 Å². The van der Waals surface area contributed by atoms with Gasteiger partial charge in [0.1, 0.15) is 18.0 Å². The van der Waals surface area contributed by atoms with Crippen molar-refractivity contribution in [1.82, 2.24) is 19.5 Å². The quantitative estimate of drug-likeness (QED) is 0.591. The molecular formula is C21H15FN6. The molecular weight excluding hydrogens is 355 g/mol. The molecule has 2 aromatic carbocycles. The number of anilines is 1. The number of hydrogen-bond acceptors (Lipinski definition) is 5. The van der Waals surface area contributed by atoms with Gasteiger partial charge in [-0.2, -0.15) is 5.26 Å². The third-order valence-corrected chi connectivity index (χ3v) is 5.05. The summed E-state index contributed by atoms with van der Waals surface area (Å²) in [5, 5.41) is 12.5. The van der Waals surface area contributed by atoms with Crippen molar-refractivity contribution in [3.63, 3.8) is 0 Å². The second kappa shape index (κ2) is 6.43. The molecule has 2 heterocycles. The Morgan fingerprint density at radius 3 is 3.00 bits per heavy atom. The lowest BCUT2D eigenvalue weighted by molar-refractivity contribution is 0.626. The molecule has 4 aromatic rings. The largest absolute Gasteiger partial charge is 0.362 e. The van der Waals surface area contributed by atoms with E-state index >= 15 is 0 Å². The molecule has 0 saturated carbocycles. The summed E-state index contributed by atoms with van der Waals surface area (Å²) in [6, 6.07) is 12.5. The Kier molecular flexibility index (Phi) is 3.76. The summed E-state index contributed by atoms with van der Waals surface area (Å²) in [7, 11) is 0. The first-order valence-electron chi connectivity index (χ1n) is 8.96. The number of nitrogens with one attached hydrogen (secondary N) is 1. The van der Waals surface area contributed by atoms with E-state index in [9.17, 15) is 4.39 Å². The van der Waals surface area contributed by atoms with Crippen LogP contribution >= 0.6 is 0 Å². The van der Waals surface area contributed by atoms with E-state index in [1.165, 1.54) is 6.07 Å². The molecule has 1 unspecified atom stereocenters. The molecule has 0 radical (unpaired) electrons. The number of benzene rings is 2. The number of nitrogens with zero attached hydrogens (tertiary/aromatic N) is 5. The molecule has 2 aromatic heterocycles. The molecule has 136 valence electrons. The standard InChI is InChI=1S/C21H15FN6/c22-15-3-4-16-14(8-15)2-5-17(16)26-20-10-24-11-21(27-20)28-12-25-18-7-13(9-23)1-6-19(18)28/h1,3-4,6-8,10-12,17H,2,5H2,(H,26,27). The van der Waals surface area contributed by atoms with Gasteiger partial charge in [0, 0.05) is 0 Å². The van der Waals surface area contributed by atoms with E-state index in [4.69, 9.17) is 5.26 Å². The highest BCUT2D eigenvalue weighted by molar-refractivity contribution is 5.78. The summed E-state index contributed by atoms with van der Waals surface area (Å²) in [6.45, 7) is 0. The van der Waals surface area contributed by atoms with Crippen LogP contribution in [0, 0.1) is 17.1 Å². The molecule has 0 aliphatic heterocycles. The third kappa shape index (κ3) is 2.76. The van der Waals surface area contributed by atoms with Crippen LogP contribution in [0.25, 0.3) is 16.9 Å². The van der Waals surface area contributed by atoms with Gasteiger partial charge in [-0.15, -0.1) is 0 Å². The number of aryl methyl sites for hydroxylation is 1. The van der Waals surface area contributed by atoms with Crippen LogP contribution in [0.1, 0.15) is 29.2 Å². The summed E-state index contributed by atoms with van der Waals surface area (Å²) in [5.74, 6) is 1.08. The number of halogens is 1. The Labute approximate surface area is 160 Å². The highest BCUT2D eigenvalue weighted by Crippen LogP contribution is 2.33. The molecule has 0 saturated heterocycles. The van der Waals surface area contributed by atoms with E-state index in [2.05, 4.69) is 26.3 Å². The molecule has 6 nitrogen and oxygen atoms in total. The molecule has 0 amide bonds. The van der Waals surface area contributed by atoms with Gasteiger partial charge in [0.15, 0.2) is 5.82 Å². The van der Waals surface area contributed by atoms with Gasteiger partial charge in [-0.05, 0) is 54.3 Å². The summed E-state index contributed by atoms with van der Waals surface area (Å²) in [4.78, 5) is 13.3. The van der Waals surface area contributed by atoms with E-state index in [0.717, 1.165) is 35.0 Å². The maximum Gasteiger partial charge on any atom is 0.159 e. The van der Waals surface area contributed by atoms with Crippen LogP contribution in [0.5, 0.6) is 0 Å². The molecule has 1 N–H and O–H groups in total. The molecule has 7 heteroatoms. The Morgan fingerprint density at radius 2 is 2.11 bits per heavy atom. The van der Waals surface area contributed by atoms with Gasteiger partial charge in [0.2, 0.25) is 0 Å². The lowest BCUT2D eigenvalue weighted by Crippen LogP contribution is -2.10. The van der Waals surface area contributed by atoms with Crippen molar-refractivity contribution in [2.75, 3.05) is 5.32 Å². The number of fused-ring (bicyclic) bond motifs is 2. The summed E-state index contributed by atoms with van der Waals surface area (Å²) < 4.78 is 15.3. The average molecular weight is 370 g/mol. The molecule has 0 bridgehead atoms. The van der Waals surface area contributed by atoms with Gasteiger partial charge in [0.25, 0.3) is 0 Å². The van der Waals surface area contributed by atoms with E-state index < -0.39 is 0 Å². The third-order valence-electron chi connectivity index (χ3n) is 5.05. The van der Waals surface area contributed by atoms with Gasteiger partial charge in [-0.3, -0.25) is 9.55 Å². The number of rotatable bonds is 3. The van der Waals surface area contributed by atoms with E-state index in [0.29, 0.717) is 17.2 Å². The first-order chi connectivity index (χ1) is 13.7. The lowest BCUT2D eigenvalue weighted by Gasteiger charge is -2.15. The van der Waals surface area contributed by atoms with Crippen molar-refractivity contribution < 1.29 is 4.39 Å². The van der Waals surface area contributed by atoms with Crippen molar-refractivity contribution in [3.05, 3.63) is 77.6 Å². The predicted octanol–water partition coefficient (Wildman–Crippen LogP) is 3.93. The van der Waals surface area contributed by atoms with Gasteiger partial charge >= 0.3 is 0 Å². The zero-order chi connectivity index (χ0) is 19.1. The highest BCUT2D eigenvalue weighted by atomic mass is 19.1. The lowest BCUT2D eigenvalue weighted by atomic mass is 10.1. The monoisotopic (exact) mass is 370 g/mol. The van der Waals surface area contributed by atoms with Crippen LogP contribution < -0.4 is 5.32 Å². The van der Waals surface area contributed by atoms with E-state index in [1.54, 1.807) is 36.9 Å². The Balaban J connectivity index is 1.46. The maximum absolute atomic E-state index is 13.4. The minimum Gasteiger partial charge on any atom is -0.362 e. The van der Waals surface area contributed by atoms with Crippen molar-refractivity contribution in [3.8, 4) is 11.9 Å². The Bertz CT molecular complexity index is 1240. The van der Waals surface area contributed by atoms with Crippen molar-refractivity contribution in [1.29, 1.82) is 5.26 Å². The fraction of sp³-hybridized carbons (Fsp3) is 0.143. The fourth-order valence-corrected chi connectivity index (χ4v) is 3.72. The summed E-state index contributed by atoms with van der Waals surface area (Å²) in [6.07, 6.45) is 6.74. The van der Waals surface area contributed by atoms with Gasteiger partial charge in [0.05, 0.1) is 41.1 Å². The van der Waals surface area contributed by atoms with Crippen LogP contribution in [0.3, 0.4) is 0 Å². The summed E-state index contributed by atoms with van der Waals surface area (Å²) >= 11 is 0. The Hall–Kier alpha value is -3.79. The molecule has 0 spiro atoms. The van der Waals surface area contributed by atoms with Crippen LogP contribution in [0.4, 0.5) is 10.2 Å². The highest BCUT2D eigenvalue weighted by Gasteiger charge is 2.23. The summed E-state index contributed by atoms with van der Waals surface area (Å²) in [5.41, 5.74) is 4.29. The maximum atomic E-state index is 13.4. The second-order valence-corrected chi connectivity index (χ2v) is 6.77. The van der Waals surface area contributed by atoms with Crippen LogP contribution in [0.2, 0.25) is 0 Å². The predicted molar refractivity (Wildman–Crippen MR) is 102 cm³/mol. The molecule has 0 fully saturated rings. The number of hydrogen-bond donors (Lipinski definition) is 1. The normalized spacial score (nSPS) is 15.4. The molecule has 1 aliphatic rings. The van der Waals surface area contributed by atoms with E-state index in [-0.39, 0.29) is 11.9 Å². The van der Waals surface area contributed by atoms with Crippen LogP contribution in [-0.2, 0) is 6.42 Å². The van der Waals surface area contributed by atoms with Gasteiger partial charge in [-0.1, -0.05) is 6.07 Å². The molecule has 1 aliphatic carbocycles. The average Bonchev–Trinajstić information content (AvgIpc) is 3.31. The van der Waals surface area contributed by atoms with E-state index in [1.807, 2.05) is 16.7 Å². The molecule has 28 heavy (non-hydrogen) atoms. The SMILES string of the molecule is N#Cc1ccc2c(c1)ncn2-c1cncc(NC2CCc3cc(F)ccc32)n1. The fourth-order valence-electron chi connectivity index (χ4n) is 3.72. The number of imidazole rings is 1. The van der Waals surface area contributed by atoms with Crippen molar-refractivity contribution in [2.24, 2.45) is 0 Å². The van der Waals surface area contributed by atoms with Crippen molar-refractivity contribution >= 4 is 16.9 Å². The minimum absolute atomic E-state index is 0.0814. The zero-order valence-corrected chi connectivity index (χ0v) is 14.8. The minimum atomic E-state index is -0.201. The second-order valence-electron chi connectivity index (χ2n) is 6.77. The first-order valence-corrected chi connectivity index (χ1v) is 8.96. The smallest absolute Gasteiger partial charge is 0.159 e. The number of aromatic nitrogens is 4. The Morgan fingerprint density at radius 1 is 1.18 bits per heavy atom. The zero-order valence-electron chi connectivity index (χ0n) is 14.8. The molecule has 1 atom stereocenters. The number of nitriles is 1. The topological polar surface area (TPSA) is 79.4 Å². The first kappa shape index (κ1) is 16.4. The van der Waals surface area contributed by atoms with Crippen LogP contribution in [0.15, 0.2) is 55.1 Å². The van der Waals surface area contributed by atoms with Crippen LogP contribution in [-0.4, -0.2) is 19.5 Å².